The third-order valence-electron chi connectivity index (χ3n) is 6.07. The van der Waals surface area contributed by atoms with Crippen LogP contribution in [0.3, 0.4) is 0 Å². The smallest absolute Gasteiger partial charge is 0.257 e. The summed E-state index contributed by atoms with van der Waals surface area (Å²) in [6, 6.07) is 19.7. The third kappa shape index (κ3) is 6.90. The fraction of sp³-hybridized carbons (Fsp3) is 0.321. The number of rotatable bonds is 9. The van der Waals surface area contributed by atoms with E-state index in [0.29, 0.717) is 25.4 Å². The second kappa shape index (κ2) is 12.3. The number of nitrogens with one attached hydrogen (secondary N) is 1. The molecule has 1 atom stereocenters. The van der Waals surface area contributed by atoms with Crippen LogP contribution in [0.15, 0.2) is 72.9 Å². The molecule has 2 amide bonds. The molecule has 0 aliphatic carbocycles. The average Bonchev–Trinajstić information content (AvgIpc) is 2.90. The summed E-state index contributed by atoms with van der Waals surface area (Å²) in [5.41, 5.74) is 2.34. The standard InChI is InChI=1S/C28H32N4O4/c1-21-10-12-23(13-11-21)36-27-24(9-6-14-29-27)26(33)30-25(20-35-19-22-7-4-3-5-8-22)28(34)32-17-15-31(2)16-18-32/h3-14,25H,15-20H2,1-2H3,(H,30,33)/t25-/m0/s1. The van der Waals surface area contributed by atoms with E-state index in [1.54, 1.807) is 23.2 Å². The second-order valence-corrected chi connectivity index (χ2v) is 8.93. The van der Waals surface area contributed by atoms with Crippen LogP contribution in [0.5, 0.6) is 11.6 Å². The molecule has 1 N–H and O–H groups in total. The molecule has 0 saturated carbocycles. The van der Waals surface area contributed by atoms with Gasteiger partial charge in [-0.15, -0.1) is 0 Å². The Balaban J connectivity index is 1.48. The fourth-order valence-electron chi connectivity index (χ4n) is 3.89. The number of ether oxygens (including phenoxy) is 2. The number of piperazine rings is 1. The first kappa shape index (κ1) is 25.3. The van der Waals surface area contributed by atoms with Crippen LogP contribution in [-0.2, 0) is 16.1 Å². The van der Waals surface area contributed by atoms with E-state index in [-0.39, 0.29) is 24.0 Å². The molecule has 1 fully saturated rings. The Morgan fingerprint density at radius 2 is 1.69 bits per heavy atom. The van der Waals surface area contributed by atoms with E-state index in [1.807, 2.05) is 68.6 Å². The molecule has 2 heterocycles. The molecule has 0 radical (unpaired) electrons. The minimum Gasteiger partial charge on any atom is -0.438 e. The first-order chi connectivity index (χ1) is 17.5. The topological polar surface area (TPSA) is 84.0 Å². The maximum atomic E-state index is 13.4. The Hall–Kier alpha value is -3.75. The van der Waals surface area contributed by atoms with E-state index in [2.05, 4.69) is 15.2 Å². The lowest BCUT2D eigenvalue weighted by Gasteiger charge is -2.34. The summed E-state index contributed by atoms with van der Waals surface area (Å²) in [6.45, 7) is 5.17. The van der Waals surface area contributed by atoms with Gasteiger partial charge in [0.1, 0.15) is 17.4 Å². The summed E-state index contributed by atoms with van der Waals surface area (Å²) in [6.07, 6.45) is 1.57. The lowest BCUT2D eigenvalue weighted by molar-refractivity contribution is -0.136. The van der Waals surface area contributed by atoms with Crippen molar-refractivity contribution in [2.75, 3.05) is 39.8 Å². The molecular weight excluding hydrogens is 456 g/mol. The zero-order valence-electron chi connectivity index (χ0n) is 20.7. The van der Waals surface area contributed by atoms with Gasteiger partial charge in [-0.25, -0.2) is 4.98 Å². The summed E-state index contributed by atoms with van der Waals surface area (Å²) in [7, 11) is 2.03. The van der Waals surface area contributed by atoms with Crippen LogP contribution in [0.1, 0.15) is 21.5 Å². The van der Waals surface area contributed by atoms with Crippen molar-refractivity contribution >= 4 is 11.8 Å². The van der Waals surface area contributed by atoms with Crippen molar-refractivity contribution in [3.63, 3.8) is 0 Å². The lowest BCUT2D eigenvalue weighted by atomic mass is 10.2. The molecule has 1 aliphatic rings. The number of carbonyl (C=O) groups excluding carboxylic acids is 2. The van der Waals surface area contributed by atoms with Gasteiger partial charge in [0.05, 0.1) is 13.2 Å². The molecule has 0 spiro atoms. The fourth-order valence-corrected chi connectivity index (χ4v) is 3.89. The Labute approximate surface area is 211 Å². The van der Waals surface area contributed by atoms with Crippen molar-refractivity contribution < 1.29 is 19.1 Å². The number of nitrogens with zero attached hydrogens (tertiary/aromatic N) is 3. The minimum atomic E-state index is -0.836. The van der Waals surface area contributed by atoms with Gasteiger partial charge in [-0.05, 0) is 43.8 Å². The zero-order valence-corrected chi connectivity index (χ0v) is 20.7. The van der Waals surface area contributed by atoms with E-state index < -0.39 is 11.9 Å². The number of likely N-dealkylation sites (N-methyl/N-ethyl adjacent to an activating group) is 1. The number of carbonyl (C=O) groups is 2. The maximum absolute atomic E-state index is 13.4. The van der Waals surface area contributed by atoms with Gasteiger partial charge >= 0.3 is 0 Å². The molecular formula is C28H32N4O4. The van der Waals surface area contributed by atoms with Gasteiger partial charge in [0.25, 0.3) is 5.91 Å². The SMILES string of the molecule is Cc1ccc(Oc2ncccc2C(=O)N[C@@H](COCc2ccccc2)C(=O)N2CCN(C)CC2)cc1. The van der Waals surface area contributed by atoms with E-state index in [1.165, 1.54) is 0 Å². The van der Waals surface area contributed by atoms with Crippen molar-refractivity contribution in [2.45, 2.75) is 19.6 Å². The number of aromatic nitrogens is 1. The number of amides is 2. The number of hydrogen-bond acceptors (Lipinski definition) is 6. The highest BCUT2D eigenvalue weighted by Crippen LogP contribution is 2.23. The zero-order chi connectivity index (χ0) is 25.3. The molecule has 188 valence electrons. The molecule has 8 nitrogen and oxygen atoms in total. The van der Waals surface area contributed by atoms with Gasteiger partial charge in [-0.2, -0.15) is 0 Å². The third-order valence-corrected chi connectivity index (χ3v) is 6.07. The molecule has 36 heavy (non-hydrogen) atoms. The first-order valence-corrected chi connectivity index (χ1v) is 12.1. The van der Waals surface area contributed by atoms with E-state index in [9.17, 15) is 9.59 Å². The molecule has 8 heteroatoms. The average molecular weight is 489 g/mol. The van der Waals surface area contributed by atoms with Crippen LogP contribution < -0.4 is 10.1 Å². The number of pyridine rings is 1. The molecule has 4 rings (SSSR count). The van der Waals surface area contributed by atoms with Crippen molar-refractivity contribution in [3.8, 4) is 11.6 Å². The van der Waals surface area contributed by atoms with E-state index >= 15 is 0 Å². The molecule has 1 aliphatic heterocycles. The normalized spacial score (nSPS) is 14.8. The largest absolute Gasteiger partial charge is 0.438 e. The van der Waals surface area contributed by atoms with Crippen molar-refractivity contribution in [3.05, 3.63) is 89.6 Å². The van der Waals surface area contributed by atoms with Crippen LogP contribution in [0.2, 0.25) is 0 Å². The Morgan fingerprint density at radius 1 is 0.972 bits per heavy atom. The number of aryl methyl sites for hydroxylation is 1. The van der Waals surface area contributed by atoms with E-state index in [4.69, 9.17) is 9.47 Å². The predicted molar refractivity (Wildman–Crippen MR) is 137 cm³/mol. The summed E-state index contributed by atoms with van der Waals surface area (Å²) in [5.74, 6) is 0.148. The molecule has 1 saturated heterocycles. The Kier molecular flexibility index (Phi) is 8.65. The van der Waals surface area contributed by atoms with Crippen LogP contribution >= 0.6 is 0 Å². The van der Waals surface area contributed by atoms with Crippen molar-refractivity contribution in [2.24, 2.45) is 0 Å². The quantitative estimate of drug-likeness (QED) is 0.498. The van der Waals surface area contributed by atoms with Gasteiger partial charge < -0.3 is 24.6 Å². The van der Waals surface area contributed by atoms with Crippen LogP contribution in [-0.4, -0.2) is 72.5 Å². The summed E-state index contributed by atoms with van der Waals surface area (Å²) < 4.78 is 11.8. The van der Waals surface area contributed by atoms with Crippen LogP contribution in [0.4, 0.5) is 0 Å². The van der Waals surface area contributed by atoms with Gasteiger partial charge in [0.15, 0.2) is 0 Å². The van der Waals surface area contributed by atoms with Gasteiger partial charge in [0.2, 0.25) is 11.8 Å². The summed E-state index contributed by atoms with van der Waals surface area (Å²) >= 11 is 0. The Bertz CT molecular complexity index is 1150. The highest BCUT2D eigenvalue weighted by atomic mass is 16.5. The minimum absolute atomic E-state index is 0.0558. The van der Waals surface area contributed by atoms with Crippen molar-refractivity contribution in [1.82, 2.24) is 20.1 Å². The predicted octanol–water partition coefficient (Wildman–Crippen LogP) is 3.27. The maximum Gasteiger partial charge on any atom is 0.257 e. The molecule has 2 aromatic carbocycles. The molecule has 1 aromatic heterocycles. The summed E-state index contributed by atoms with van der Waals surface area (Å²) in [4.78, 5) is 34.9. The monoisotopic (exact) mass is 488 g/mol. The van der Waals surface area contributed by atoms with Crippen molar-refractivity contribution in [1.29, 1.82) is 0 Å². The van der Waals surface area contributed by atoms with E-state index in [0.717, 1.165) is 24.2 Å². The van der Waals surface area contributed by atoms with Gasteiger partial charge in [0, 0.05) is 32.4 Å². The highest BCUT2D eigenvalue weighted by Gasteiger charge is 2.29. The molecule has 0 bridgehead atoms. The molecule has 0 unspecified atom stereocenters. The van der Waals surface area contributed by atoms with Gasteiger partial charge in [-0.1, -0.05) is 48.0 Å². The number of benzene rings is 2. The van der Waals surface area contributed by atoms with Crippen LogP contribution in [0.25, 0.3) is 0 Å². The highest BCUT2D eigenvalue weighted by molar-refractivity contribution is 5.99. The Morgan fingerprint density at radius 3 is 2.42 bits per heavy atom. The molecule has 3 aromatic rings. The van der Waals surface area contributed by atoms with Crippen LogP contribution in [0, 0.1) is 6.92 Å². The lowest BCUT2D eigenvalue weighted by Crippen LogP contribution is -2.55. The first-order valence-electron chi connectivity index (χ1n) is 12.1. The number of hydrogen-bond donors (Lipinski definition) is 1. The van der Waals surface area contributed by atoms with Gasteiger partial charge in [-0.3, -0.25) is 9.59 Å². The second-order valence-electron chi connectivity index (χ2n) is 8.93. The summed E-state index contributed by atoms with van der Waals surface area (Å²) in [5, 5.41) is 2.87.